The van der Waals surface area contributed by atoms with E-state index >= 15 is 0 Å². The minimum Gasteiger partial charge on any atom is -0.453 e. The van der Waals surface area contributed by atoms with Crippen molar-refractivity contribution in [2.75, 3.05) is 4.90 Å². The summed E-state index contributed by atoms with van der Waals surface area (Å²) < 4.78 is 6.04. The van der Waals surface area contributed by atoms with Gasteiger partial charge in [-0.2, -0.15) is 0 Å². The minimum atomic E-state index is 0.670. The third kappa shape index (κ3) is 1.85. The van der Waals surface area contributed by atoms with Gasteiger partial charge < -0.3 is 4.74 Å². The SMILES string of the molecule is c1ccc2c(c1)Oc1ccccc1N2c1ncnc2ncccc12. The number of hydrogen-bond acceptors (Lipinski definition) is 5. The van der Waals surface area contributed by atoms with Gasteiger partial charge in [-0.15, -0.1) is 0 Å². The fourth-order valence-corrected chi connectivity index (χ4v) is 2.99. The van der Waals surface area contributed by atoms with E-state index in [9.17, 15) is 0 Å². The Morgan fingerprint density at radius 1 is 0.708 bits per heavy atom. The molecule has 2 aromatic carbocycles. The van der Waals surface area contributed by atoms with E-state index in [2.05, 4.69) is 19.9 Å². The van der Waals surface area contributed by atoms with Crippen molar-refractivity contribution in [2.45, 2.75) is 0 Å². The number of pyridine rings is 1. The van der Waals surface area contributed by atoms with Crippen molar-refractivity contribution in [1.29, 1.82) is 0 Å². The fourth-order valence-electron chi connectivity index (χ4n) is 2.99. The lowest BCUT2D eigenvalue weighted by Crippen LogP contribution is -2.17. The smallest absolute Gasteiger partial charge is 0.164 e. The number of nitrogens with zero attached hydrogens (tertiary/aromatic N) is 4. The van der Waals surface area contributed by atoms with Crippen LogP contribution in [0.3, 0.4) is 0 Å². The van der Waals surface area contributed by atoms with E-state index in [1.807, 2.05) is 60.7 Å². The number of anilines is 3. The number of rotatable bonds is 1. The Morgan fingerprint density at radius 2 is 1.42 bits per heavy atom. The largest absolute Gasteiger partial charge is 0.453 e. The van der Waals surface area contributed by atoms with Gasteiger partial charge >= 0.3 is 0 Å². The van der Waals surface area contributed by atoms with Crippen LogP contribution in [0.15, 0.2) is 73.2 Å². The van der Waals surface area contributed by atoms with Gasteiger partial charge in [0.05, 0.1) is 16.8 Å². The number of para-hydroxylation sites is 4. The number of ether oxygens (including phenoxy) is 1. The third-order valence-corrected chi connectivity index (χ3v) is 4.03. The molecule has 0 radical (unpaired) electrons. The van der Waals surface area contributed by atoms with Crippen molar-refractivity contribution >= 4 is 28.2 Å². The van der Waals surface area contributed by atoms with Gasteiger partial charge in [-0.25, -0.2) is 15.0 Å². The highest BCUT2D eigenvalue weighted by Crippen LogP contribution is 2.50. The number of hydrogen-bond donors (Lipinski definition) is 0. The first-order valence-electron chi connectivity index (χ1n) is 7.63. The molecule has 114 valence electrons. The Balaban J connectivity index is 1.84. The van der Waals surface area contributed by atoms with E-state index in [-0.39, 0.29) is 0 Å². The molecule has 1 aliphatic heterocycles. The first-order valence-corrected chi connectivity index (χ1v) is 7.63. The molecule has 0 fully saturated rings. The Kier molecular flexibility index (Phi) is 2.72. The maximum atomic E-state index is 6.04. The van der Waals surface area contributed by atoms with Crippen LogP contribution in [0.2, 0.25) is 0 Å². The summed E-state index contributed by atoms with van der Waals surface area (Å²) >= 11 is 0. The van der Waals surface area contributed by atoms with E-state index in [1.165, 1.54) is 0 Å². The molecule has 5 heteroatoms. The van der Waals surface area contributed by atoms with Gasteiger partial charge in [0, 0.05) is 6.20 Å². The van der Waals surface area contributed by atoms with Crippen molar-refractivity contribution < 1.29 is 4.74 Å². The third-order valence-electron chi connectivity index (χ3n) is 4.03. The summed E-state index contributed by atoms with van der Waals surface area (Å²) in [6, 6.07) is 19.8. The zero-order valence-electron chi connectivity index (χ0n) is 12.6. The Bertz CT molecular complexity index is 1010. The van der Waals surface area contributed by atoms with Gasteiger partial charge in [-0.05, 0) is 36.4 Å². The summed E-state index contributed by atoms with van der Waals surface area (Å²) in [7, 11) is 0. The first kappa shape index (κ1) is 13.0. The van der Waals surface area contributed by atoms with Crippen LogP contribution < -0.4 is 9.64 Å². The molecule has 3 heterocycles. The standard InChI is InChI=1S/C19H12N4O/c1-3-9-16-14(7-1)23(15-8-2-4-10-17(15)24-16)19-13-6-5-11-20-18(13)21-12-22-19/h1-12H. The van der Waals surface area contributed by atoms with Crippen molar-refractivity contribution in [3.8, 4) is 11.5 Å². The van der Waals surface area contributed by atoms with Gasteiger partial charge in [-0.1, -0.05) is 24.3 Å². The molecule has 0 saturated heterocycles. The second kappa shape index (κ2) is 5.03. The van der Waals surface area contributed by atoms with E-state index in [4.69, 9.17) is 4.74 Å². The Labute approximate surface area is 138 Å². The molecule has 2 aromatic heterocycles. The van der Waals surface area contributed by atoms with E-state index in [1.54, 1.807) is 12.5 Å². The molecule has 5 rings (SSSR count). The van der Waals surface area contributed by atoms with Crippen molar-refractivity contribution in [2.24, 2.45) is 0 Å². The van der Waals surface area contributed by atoms with Crippen LogP contribution in [-0.2, 0) is 0 Å². The summed E-state index contributed by atoms with van der Waals surface area (Å²) in [5.74, 6) is 2.38. The Morgan fingerprint density at radius 3 is 2.17 bits per heavy atom. The summed E-state index contributed by atoms with van der Waals surface area (Å²) in [5, 5.41) is 0.895. The zero-order valence-corrected chi connectivity index (χ0v) is 12.6. The lowest BCUT2D eigenvalue weighted by Gasteiger charge is -2.32. The molecule has 24 heavy (non-hydrogen) atoms. The predicted octanol–water partition coefficient (Wildman–Crippen LogP) is 4.60. The van der Waals surface area contributed by atoms with Gasteiger partial charge in [-0.3, -0.25) is 4.90 Å². The highest BCUT2D eigenvalue weighted by Gasteiger charge is 2.27. The molecule has 0 amide bonds. The number of fused-ring (bicyclic) bond motifs is 3. The van der Waals surface area contributed by atoms with Crippen molar-refractivity contribution in [1.82, 2.24) is 15.0 Å². The average Bonchev–Trinajstić information content (AvgIpc) is 2.66. The van der Waals surface area contributed by atoms with Crippen LogP contribution in [0.1, 0.15) is 0 Å². The second-order valence-electron chi connectivity index (χ2n) is 5.44. The van der Waals surface area contributed by atoms with Crippen molar-refractivity contribution in [3.63, 3.8) is 0 Å². The molecule has 5 nitrogen and oxygen atoms in total. The maximum absolute atomic E-state index is 6.04. The summed E-state index contributed by atoms with van der Waals surface area (Å²) in [6.07, 6.45) is 3.28. The lowest BCUT2D eigenvalue weighted by atomic mass is 10.1. The van der Waals surface area contributed by atoms with E-state index < -0.39 is 0 Å². The van der Waals surface area contributed by atoms with Crippen molar-refractivity contribution in [3.05, 3.63) is 73.2 Å². The molecule has 0 unspecified atom stereocenters. The Hall–Kier alpha value is -3.47. The molecule has 4 aromatic rings. The van der Waals surface area contributed by atoms with Crippen LogP contribution in [0, 0.1) is 0 Å². The van der Waals surface area contributed by atoms with Crippen LogP contribution in [0.4, 0.5) is 17.2 Å². The average molecular weight is 312 g/mol. The van der Waals surface area contributed by atoms with Gasteiger partial charge in [0.1, 0.15) is 6.33 Å². The second-order valence-corrected chi connectivity index (χ2v) is 5.44. The van der Waals surface area contributed by atoms with Gasteiger partial charge in [0.15, 0.2) is 23.0 Å². The lowest BCUT2D eigenvalue weighted by molar-refractivity contribution is 0.477. The predicted molar refractivity (Wildman–Crippen MR) is 92.1 cm³/mol. The highest BCUT2D eigenvalue weighted by molar-refractivity contribution is 5.95. The van der Waals surface area contributed by atoms with Crippen LogP contribution >= 0.6 is 0 Å². The van der Waals surface area contributed by atoms with Crippen LogP contribution in [-0.4, -0.2) is 15.0 Å². The minimum absolute atomic E-state index is 0.670. The molecule has 0 aliphatic carbocycles. The molecule has 0 bridgehead atoms. The van der Waals surface area contributed by atoms with E-state index in [0.717, 1.165) is 34.1 Å². The zero-order chi connectivity index (χ0) is 15.9. The van der Waals surface area contributed by atoms with Crippen LogP contribution in [0.25, 0.3) is 11.0 Å². The number of aromatic nitrogens is 3. The van der Waals surface area contributed by atoms with Gasteiger partial charge in [0.25, 0.3) is 0 Å². The molecule has 1 aliphatic rings. The summed E-state index contributed by atoms with van der Waals surface area (Å²) in [4.78, 5) is 15.3. The van der Waals surface area contributed by atoms with Crippen LogP contribution in [0.5, 0.6) is 11.5 Å². The topological polar surface area (TPSA) is 51.1 Å². The summed E-state index contributed by atoms with van der Waals surface area (Å²) in [6.45, 7) is 0. The molecular weight excluding hydrogens is 300 g/mol. The molecule has 0 spiro atoms. The summed E-state index contributed by atoms with van der Waals surface area (Å²) in [5.41, 5.74) is 2.56. The monoisotopic (exact) mass is 312 g/mol. The highest BCUT2D eigenvalue weighted by atomic mass is 16.5. The quantitative estimate of drug-likeness (QED) is 0.453. The molecule has 0 saturated carbocycles. The molecule has 0 N–H and O–H groups in total. The van der Waals surface area contributed by atoms with Gasteiger partial charge in [0.2, 0.25) is 0 Å². The first-order chi connectivity index (χ1) is 11.9. The number of benzene rings is 2. The fraction of sp³-hybridized carbons (Fsp3) is 0. The maximum Gasteiger partial charge on any atom is 0.164 e. The van der Waals surface area contributed by atoms with E-state index in [0.29, 0.717) is 5.65 Å². The normalized spacial score (nSPS) is 12.4. The molecule has 0 atom stereocenters. The molecular formula is C19H12N4O.